The fourth-order valence-corrected chi connectivity index (χ4v) is 4.31. The van der Waals surface area contributed by atoms with Crippen molar-refractivity contribution in [3.63, 3.8) is 0 Å². The van der Waals surface area contributed by atoms with Gasteiger partial charge < -0.3 is 9.42 Å². The first kappa shape index (κ1) is 17.0. The normalized spacial score (nSPS) is 18.1. The van der Waals surface area contributed by atoms with Crippen LogP contribution in [0.15, 0.2) is 29.0 Å². The number of hydrogen-bond acceptors (Lipinski definition) is 5. The minimum atomic E-state index is -0.00352. The third-order valence-electron chi connectivity index (χ3n) is 5.85. The van der Waals surface area contributed by atoms with Crippen LogP contribution >= 0.6 is 11.6 Å². The second kappa shape index (κ2) is 6.32. The molecule has 0 atom stereocenters. The van der Waals surface area contributed by atoms with Gasteiger partial charge in [0, 0.05) is 24.0 Å². The van der Waals surface area contributed by atoms with Crippen molar-refractivity contribution in [2.45, 2.75) is 38.1 Å². The number of anilines is 1. The van der Waals surface area contributed by atoms with Crippen LogP contribution in [0.25, 0.3) is 17.2 Å². The number of carbonyl (C=O) groups excluding carboxylic acids is 1. The van der Waals surface area contributed by atoms with Crippen molar-refractivity contribution in [3.8, 4) is 17.2 Å². The van der Waals surface area contributed by atoms with Gasteiger partial charge in [-0.25, -0.2) is 9.78 Å². The van der Waals surface area contributed by atoms with Crippen molar-refractivity contribution in [2.75, 3.05) is 18.0 Å². The molecule has 29 heavy (non-hydrogen) atoms. The molecule has 1 aliphatic carbocycles. The average molecular weight is 411 g/mol. The molecular weight excluding hydrogens is 392 g/mol. The second-order valence-corrected chi connectivity index (χ2v) is 8.27. The van der Waals surface area contributed by atoms with Crippen molar-refractivity contribution in [2.24, 2.45) is 0 Å². The standard InChI is InChI=1S/C20H19ClN6O2/c21-13-5-6-14-15(9-13)26(20(28)25-7-1-2-8-25)10-16-17(22-11-27(14)16)18-23-19(29-24-18)12-3-4-12/h5-6,9,11-12H,1-4,7-8,10H2. The van der Waals surface area contributed by atoms with Crippen molar-refractivity contribution in [1.82, 2.24) is 24.6 Å². The molecule has 6 rings (SSSR count). The van der Waals surface area contributed by atoms with E-state index in [4.69, 9.17) is 16.1 Å². The number of amides is 2. The van der Waals surface area contributed by atoms with Crippen molar-refractivity contribution >= 4 is 23.3 Å². The number of carbonyl (C=O) groups is 1. The van der Waals surface area contributed by atoms with Crippen molar-refractivity contribution in [1.29, 1.82) is 0 Å². The molecule has 0 N–H and O–H groups in total. The highest BCUT2D eigenvalue weighted by Gasteiger charge is 2.35. The number of halogens is 1. The van der Waals surface area contributed by atoms with Crippen LogP contribution in [0.4, 0.5) is 10.5 Å². The fraction of sp³-hybridized carbons (Fsp3) is 0.400. The molecule has 2 amide bonds. The number of imidazole rings is 1. The number of hydrogen-bond donors (Lipinski definition) is 0. The summed E-state index contributed by atoms with van der Waals surface area (Å²) in [5.41, 5.74) is 3.18. The van der Waals surface area contributed by atoms with Crippen LogP contribution in [0.1, 0.15) is 43.2 Å². The smallest absolute Gasteiger partial charge is 0.324 e. The molecule has 2 fully saturated rings. The number of urea groups is 1. The van der Waals surface area contributed by atoms with Crippen molar-refractivity contribution in [3.05, 3.63) is 41.1 Å². The minimum Gasteiger partial charge on any atom is -0.339 e. The van der Waals surface area contributed by atoms with Gasteiger partial charge >= 0.3 is 6.03 Å². The first-order chi connectivity index (χ1) is 14.2. The Morgan fingerprint density at radius 1 is 1.17 bits per heavy atom. The molecule has 3 aliphatic rings. The lowest BCUT2D eigenvalue weighted by atomic mass is 10.1. The van der Waals surface area contributed by atoms with Crippen LogP contribution < -0.4 is 4.90 Å². The summed E-state index contributed by atoms with van der Waals surface area (Å²) in [5, 5.41) is 4.74. The number of likely N-dealkylation sites (tertiary alicyclic amines) is 1. The van der Waals surface area contributed by atoms with Crippen LogP contribution in [-0.4, -0.2) is 43.7 Å². The molecule has 1 saturated heterocycles. The molecule has 0 unspecified atom stereocenters. The molecule has 0 spiro atoms. The van der Waals surface area contributed by atoms with Crippen molar-refractivity contribution < 1.29 is 9.32 Å². The van der Waals surface area contributed by atoms with Gasteiger partial charge in [-0.1, -0.05) is 16.8 Å². The number of rotatable bonds is 2. The Morgan fingerprint density at radius 3 is 2.79 bits per heavy atom. The largest absolute Gasteiger partial charge is 0.339 e. The maximum absolute atomic E-state index is 13.3. The van der Waals surface area contributed by atoms with E-state index in [-0.39, 0.29) is 6.03 Å². The lowest BCUT2D eigenvalue weighted by Gasteiger charge is -2.33. The van der Waals surface area contributed by atoms with E-state index in [9.17, 15) is 4.79 Å². The van der Waals surface area contributed by atoms with E-state index < -0.39 is 0 Å². The van der Waals surface area contributed by atoms with Gasteiger partial charge in [0.1, 0.15) is 12.0 Å². The zero-order valence-corrected chi connectivity index (χ0v) is 16.5. The number of benzene rings is 1. The maximum Gasteiger partial charge on any atom is 0.324 e. The Labute approximate surface area is 172 Å². The van der Waals surface area contributed by atoms with Gasteiger partial charge in [-0.15, -0.1) is 0 Å². The molecular formula is C20H19ClN6O2. The van der Waals surface area contributed by atoms with E-state index in [0.29, 0.717) is 34.9 Å². The average Bonchev–Trinajstić information content (AvgIpc) is 3.15. The number of nitrogens with zero attached hydrogens (tertiary/aromatic N) is 6. The van der Waals surface area contributed by atoms with Gasteiger partial charge in [-0.3, -0.25) is 9.47 Å². The maximum atomic E-state index is 13.3. The molecule has 0 radical (unpaired) electrons. The predicted octanol–water partition coefficient (Wildman–Crippen LogP) is 3.99. The summed E-state index contributed by atoms with van der Waals surface area (Å²) in [7, 11) is 0. The Morgan fingerprint density at radius 2 is 2.00 bits per heavy atom. The summed E-state index contributed by atoms with van der Waals surface area (Å²) in [5.74, 6) is 1.53. The minimum absolute atomic E-state index is 0.00352. The molecule has 0 bridgehead atoms. The first-order valence-corrected chi connectivity index (χ1v) is 10.3. The monoisotopic (exact) mass is 410 g/mol. The zero-order valence-electron chi connectivity index (χ0n) is 15.7. The number of fused-ring (bicyclic) bond motifs is 3. The third-order valence-corrected chi connectivity index (χ3v) is 6.08. The lowest BCUT2D eigenvalue weighted by molar-refractivity contribution is 0.214. The van der Waals surface area contributed by atoms with E-state index in [1.54, 1.807) is 11.2 Å². The van der Waals surface area contributed by atoms with Crippen LogP contribution in [0, 0.1) is 0 Å². The highest BCUT2D eigenvalue weighted by atomic mass is 35.5. The molecule has 4 heterocycles. The quantitative estimate of drug-likeness (QED) is 0.638. The van der Waals surface area contributed by atoms with Gasteiger partial charge in [0.15, 0.2) is 0 Å². The summed E-state index contributed by atoms with van der Waals surface area (Å²) in [6.45, 7) is 1.95. The van der Waals surface area contributed by atoms with Crippen LogP contribution in [0.5, 0.6) is 0 Å². The van der Waals surface area contributed by atoms with Gasteiger partial charge in [-0.2, -0.15) is 4.98 Å². The Kier molecular flexibility index (Phi) is 3.71. The summed E-state index contributed by atoms with van der Waals surface area (Å²) < 4.78 is 7.42. The summed E-state index contributed by atoms with van der Waals surface area (Å²) in [6.07, 6.45) is 6.02. The topological polar surface area (TPSA) is 80.3 Å². The van der Waals surface area contributed by atoms with Gasteiger partial charge in [0.05, 0.1) is 23.6 Å². The van der Waals surface area contributed by atoms with E-state index in [1.807, 2.05) is 27.7 Å². The van der Waals surface area contributed by atoms with Crippen LogP contribution in [-0.2, 0) is 6.54 Å². The summed E-state index contributed by atoms with van der Waals surface area (Å²) in [6, 6.07) is 5.58. The Balaban J connectivity index is 1.45. The zero-order chi connectivity index (χ0) is 19.5. The summed E-state index contributed by atoms with van der Waals surface area (Å²) >= 11 is 6.26. The Hall–Kier alpha value is -2.87. The molecule has 8 nitrogen and oxygen atoms in total. The first-order valence-electron chi connectivity index (χ1n) is 9.95. The van der Waals surface area contributed by atoms with Crippen LogP contribution in [0.3, 0.4) is 0 Å². The summed E-state index contributed by atoms with van der Waals surface area (Å²) in [4.78, 5) is 26.1. The van der Waals surface area contributed by atoms with Gasteiger partial charge in [-0.05, 0) is 43.9 Å². The highest BCUT2D eigenvalue weighted by Crippen LogP contribution is 2.41. The molecule has 2 aliphatic heterocycles. The molecule has 148 valence electrons. The SMILES string of the molecule is O=C(N1CCCC1)N1Cc2c(-c3noc(C4CC4)n3)ncn2-c2ccc(Cl)cc21. The molecule has 2 aromatic heterocycles. The fourth-order valence-electron chi connectivity index (χ4n) is 4.15. The molecule has 1 saturated carbocycles. The highest BCUT2D eigenvalue weighted by molar-refractivity contribution is 6.31. The second-order valence-electron chi connectivity index (χ2n) is 7.84. The van der Waals surface area contributed by atoms with E-state index in [1.165, 1.54) is 0 Å². The van der Waals surface area contributed by atoms with E-state index >= 15 is 0 Å². The lowest BCUT2D eigenvalue weighted by Crippen LogP contribution is -2.43. The van der Waals surface area contributed by atoms with Gasteiger partial charge in [0.25, 0.3) is 0 Å². The van der Waals surface area contributed by atoms with E-state index in [2.05, 4.69) is 15.1 Å². The van der Waals surface area contributed by atoms with Gasteiger partial charge in [0.2, 0.25) is 11.7 Å². The van der Waals surface area contributed by atoms with E-state index in [0.717, 1.165) is 55.8 Å². The molecule has 1 aromatic carbocycles. The Bertz CT molecular complexity index is 1110. The predicted molar refractivity (Wildman–Crippen MR) is 106 cm³/mol. The molecule has 9 heteroatoms. The van der Waals surface area contributed by atoms with Crippen LogP contribution in [0.2, 0.25) is 5.02 Å². The third kappa shape index (κ3) is 2.73. The molecule has 3 aromatic rings. The number of aromatic nitrogens is 4.